The van der Waals surface area contributed by atoms with Gasteiger partial charge >= 0.3 is 12.2 Å². The zero-order valence-corrected chi connectivity index (χ0v) is 17.7. The lowest BCUT2D eigenvalue weighted by molar-refractivity contribution is -0.122. The second-order valence-corrected chi connectivity index (χ2v) is 7.29. The number of anilines is 1. The van der Waals surface area contributed by atoms with E-state index in [0.29, 0.717) is 35.2 Å². The van der Waals surface area contributed by atoms with E-state index >= 15 is 0 Å². The number of carbonyl (C=O) groups is 1. The molecule has 0 radical (unpaired) electrons. The van der Waals surface area contributed by atoms with Crippen LogP contribution in [0.1, 0.15) is 11.5 Å². The van der Waals surface area contributed by atoms with Gasteiger partial charge in [-0.05, 0) is 42.9 Å². The quantitative estimate of drug-likeness (QED) is 0.405. The Morgan fingerprint density at radius 1 is 1.15 bits per heavy atom. The number of nitrogens with one attached hydrogen (secondary N) is 3. The number of aryl methyl sites for hydroxylation is 1. The van der Waals surface area contributed by atoms with Crippen molar-refractivity contribution in [2.24, 2.45) is 0 Å². The first kappa shape index (κ1) is 22.3. The number of fused-ring (bicyclic) bond motifs is 1. The number of nitrogens with zero attached hydrogens (tertiary/aromatic N) is 4. The molecule has 12 heteroatoms. The molecule has 3 heterocycles. The van der Waals surface area contributed by atoms with Crippen LogP contribution in [0.4, 0.5) is 23.7 Å². The summed E-state index contributed by atoms with van der Waals surface area (Å²) in [6.07, 6.45) is -1.02. The normalized spacial score (nSPS) is 11.7. The molecule has 0 atom stereocenters. The molecule has 0 aliphatic heterocycles. The first-order valence-corrected chi connectivity index (χ1v) is 9.90. The Kier molecular flexibility index (Phi) is 6.01. The smallest absolute Gasteiger partial charge is 0.405 e. The predicted molar refractivity (Wildman–Crippen MR) is 114 cm³/mol. The molecule has 4 aromatic rings. The summed E-state index contributed by atoms with van der Waals surface area (Å²) < 4.78 is 44.5. The van der Waals surface area contributed by atoms with Crippen LogP contribution < -0.4 is 16.0 Å². The Bertz CT molecular complexity index is 1300. The number of aromatic nitrogens is 4. The van der Waals surface area contributed by atoms with Gasteiger partial charge in [0.05, 0.1) is 11.9 Å². The van der Waals surface area contributed by atoms with Crippen LogP contribution in [0.15, 0.2) is 47.1 Å². The highest BCUT2D eigenvalue weighted by molar-refractivity contribution is 5.90. The molecule has 3 aromatic heterocycles. The fourth-order valence-electron chi connectivity index (χ4n) is 3.31. The Hall–Kier alpha value is -3.93. The molecule has 33 heavy (non-hydrogen) atoms. The number of rotatable bonds is 6. The van der Waals surface area contributed by atoms with Gasteiger partial charge in [-0.1, -0.05) is 0 Å². The molecule has 0 bridgehead atoms. The van der Waals surface area contributed by atoms with E-state index in [1.807, 2.05) is 16.5 Å². The Morgan fingerprint density at radius 2 is 1.97 bits per heavy atom. The maximum Gasteiger partial charge on any atom is 0.405 e. The Labute approximate surface area is 186 Å². The van der Waals surface area contributed by atoms with E-state index < -0.39 is 18.8 Å². The van der Waals surface area contributed by atoms with E-state index in [4.69, 9.17) is 4.42 Å². The molecule has 2 amide bonds. The average molecular weight is 459 g/mol. The highest BCUT2D eigenvalue weighted by Crippen LogP contribution is 2.28. The number of alkyl halides is 3. The SMILES string of the molecule is CNCc1cc(NC(=O)NCC(F)(F)F)cc(-c2cnc3cc(-c4nnc(C)o4)ccn23)c1. The first-order valence-electron chi connectivity index (χ1n) is 9.90. The van der Waals surface area contributed by atoms with Gasteiger partial charge in [-0.15, -0.1) is 10.2 Å². The summed E-state index contributed by atoms with van der Waals surface area (Å²) in [5.41, 5.74) is 3.99. The number of benzene rings is 1. The third kappa shape index (κ3) is 5.29. The van der Waals surface area contributed by atoms with Crippen molar-refractivity contribution in [1.29, 1.82) is 0 Å². The second kappa shape index (κ2) is 8.90. The summed E-state index contributed by atoms with van der Waals surface area (Å²) in [5.74, 6) is 0.835. The van der Waals surface area contributed by atoms with E-state index in [1.54, 1.807) is 49.9 Å². The minimum absolute atomic E-state index is 0.352. The van der Waals surface area contributed by atoms with Gasteiger partial charge in [0.2, 0.25) is 11.8 Å². The van der Waals surface area contributed by atoms with Crippen molar-refractivity contribution in [2.75, 3.05) is 18.9 Å². The third-order valence-electron chi connectivity index (χ3n) is 4.66. The molecule has 0 unspecified atom stereocenters. The van der Waals surface area contributed by atoms with Gasteiger partial charge in [0.1, 0.15) is 12.2 Å². The van der Waals surface area contributed by atoms with Crippen molar-refractivity contribution in [1.82, 2.24) is 30.2 Å². The van der Waals surface area contributed by atoms with Gasteiger partial charge in [-0.25, -0.2) is 9.78 Å². The molecule has 9 nitrogen and oxygen atoms in total. The van der Waals surface area contributed by atoms with Crippen molar-refractivity contribution >= 4 is 17.4 Å². The van der Waals surface area contributed by atoms with Crippen LogP contribution in [0.3, 0.4) is 0 Å². The summed E-state index contributed by atoms with van der Waals surface area (Å²) >= 11 is 0. The van der Waals surface area contributed by atoms with E-state index in [9.17, 15) is 18.0 Å². The molecular formula is C21H20F3N7O2. The van der Waals surface area contributed by atoms with E-state index in [1.165, 1.54) is 0 Å². The molecule has 0 fully saturated rings. The lowest BCUT2D eigenvalue weighted by atomic mass is 10.1. The highest BCUT2D eigenvalue weighted by atomic mass is 19.4. The molecule has 3 N–H and O–H groups in total. The number of hydrogen-bond donors (Lipinski definition) is 3. The van der Waals surface area contributed by atoms with Crippen LogP contribution in [0.2, 0.25) is 0 Å². The number of carbonyl (C=O) groups excluding carboxylic acids is 1. The molecule has 4 rings (SSSR count). The van der Waals surface area contributed by atoms with Gasteiger partial charge in [0.25, 0.3) is 0 Å². The topological polar surface area (TPSA) is 109 Å². The maximum atomic E-state index is 12.4. The summed E-state index contributed by atoms with van der Waals surface area (Å²) in [6, 6.07) is 7.94. The number of imidazole rings is 1. The Balaban J connectivity index is 1.65. The zero-order chi connectivity index (χ0) is 23.6. The molecule has 0 aliphatic carbocycles. The largest absolute Gasteiger partial charge is 0.421 e. The molecule has 0 saturated heterocycles. The molecular weight excluding hydrogens is 439 g/mol. The average Bonchev–Trinajstić information content (AvgIpc) is 3.37. The van der Waals surface area contributed by atoms with Crippen LogP contribution in [-0.4, -0.2) is 45.4 Å². The van der Waals surface area contributed by atoms with E-state index in [2.05, 4.69) is 25.8 Å². The number of hydrogen-bond acceptors (Lipinski definition) is 6. The summed E-state index contributed by atoms with van der Waals surface area (Å²) in [5, 5.41) is 15.1. The fraction of sp³-hybridized carbons (Fsp3) is 0.238. The number of amides is 2. The van der Waals surface area contributed by atoms with Crippen LogP contribution >= 0.6 is 0 Å². The Morgan fingerprint density at radius 3 is 2.67 bits per heavy atom. The first-order chi connectivity index (χ1) is 15.7. The van der Waals surface area contributed by atoms with Crippen molar-refractivity contribution in [3.05, 3.63) is 54.2 Å². The zero-order valence-electron chi connectivity index (χ0n) is 17.7. The van der Waals surface area contributed by atoms with Crippen LogP contribution in [-0.2, 0) is 6.54 Å². The summed E-state index contributed by atoms with van der Waals surface area (Å²) in [6.45, 7) is 0.775. The van der Waals surface area contributed by atoms with Crippen LogP contribution in [0.5, 0.6) is 0 Å². The van der Waals surface area contributed by atoms with Gasteiger partial charge in [0, 0.05) is 36.5 Å². The van der Waals surface area contributed by atoms with Crippen molar-refractivity contribution in [3.8, 4) is 22.7 Å². The van der Waals surface area contributed by atoms with E-state index in [-0.39, 0.29) is 0 Å². The number of pyridine rings is 1. The van der Waals surface area contributed by atoms with Crippen LogP contribution in [0, 0.1) is 6.92 Å². The minimum Gasteiger partial charge on any atom is -0.421 e. The lowest BCUT2D eigenvalue weighted by Gasteiger charge is -2.13. The lowest BCUT2D eigenvalue weighted by Crippen LogP contribution is -2.36. The van der Waals surface area contributed by atoms with Crippen molar-refractivity contribution < 1.29 is 22.4 Å². The van der Waals surface area contributed by atoms with Crippen molar-refractivity contribution in [2.45, 2.75) is 19.6 Å². The molecule has 0 aliphatic rings. The molecule has 0 spiro atoms. The number of urea groups is 1. The minimum atomic E-state index is -4.49. The third-order valence-corrected chi connectivity index (χ3v) is 4.66. The summed E-state index contributed by atoms with van der Waals surface area (Å²) in [4.78, 5) is 16.4. The van der Waals surface area contributed by atoms with Gasteiger partial charge in [-0.2, -0.15) is 13.2 Å². The molecule has 0 saturated carbocycles. The highest BCUT2D eigenvalue weighted by Gasteiger charge is 2.27. The monoisotopic (exact) mass is 459 g/mol. The van der Waals surface area contributed by atoms with Gasteiger partial charge in [-0.3, -0.25) is 4.40 Å². The number of halogens is 3. The fourth-order valence-corrected chi connectivity index (χ4v) is 3.31. The van der Waals surface area contributed by atoms with Crippen LogP contribution in [0.25, 0.3) is 28.4 Å². The summed E-state index contributed by atoms with van der Waals surface area (Å²) in [7, 11) is 1.77. The molecule has 172 valence electrons. The maximum absolute atomic E-state index is 12.4. The van der Waals surface area contributed by atoms with Crippen molar-refractivity contribution in [3.63, 3.8) is 0 Å². The standard InChI is InChI=1S/C21H20F3N7O2/c1-12-29-30-19(33-12)14-3-4-31-17(10-26-18(31)8-14)15-5-13(9-25-2)6-16(7-15)28-20(32)27-11-21(22,23)24/h3-8,10,25H,9,11H2,1-2H3,(H2,27,28,32). The van der Waals surface area contributed by atoms with Gasteiger partial charge in [0.15, 0.2) is 0 Å². The van der Waals surface area contributed by atoms with E-state index in [0.717, 1.165) is 16.8 Å². The predicted octanol–water partition coefficient (Wildman–Crippen LogP) is 3.76. The molecule has 1 aromatic carbocycles. The van der Waals surface area contributed by atoms with Gasteiger partial charge < -0.3 is 20.4 Å². The second-order valence-electron chi connectivity index (χ2n) is 7.29.